The van der Waals surface area contributed by atoms with Crippen LogP contribution in [0.5, 0.6) is 0 Å². The quantitative estimate of drug-likeness (QED) is 0.616. The molecule has 0 unspecified atom stereocenters. The smallest absolute Gasteiger partial charge is 0.330 e. The van der Waals surface area contributed by atoms with Gasteiger partial charge in [0.05, 0.1) is 0 Å². The number of carbonyl (C=O) groups excluding carboxylic acids is 2. The third kappa shape index (κ3) is 5.18. The molecular formula is C16H17FO4S. The summed E-state index contributed by atoms with van der Waals surface area (Å²) in [5.41, 5.74) is 0.0921. The van der Waals surface area contributed by atoms with Crippen LogP contribution in [0.2, 0.25) is 0 Å². The second-order valence-corrected chi connectivity index (χ2v) is 6.27. The first-order valence-corrected chi connectivity index (χ1v) is 7.85. The average Bonchev–Trinajstić information content (AvgIpc) is 2.83. The number of alkyl halides is 1. The molecule has 2 rings (SSSR count). The van der Waals surface area contributed by atoms with Crippen LogP contribution in [0.15, 0.2) is 36.4 Å². The number of halogens is 1. The number of carbonyl (C=O) groups is 2. The van der Waals surface area contributed by atoms with E-state index in [1.807, 2.05) is 30.3 Å². The number of hydrogen-bond acceptors (Lipinski definition) is 5. The van der Waals surface area contributed by atoms with Gasteiger partial charge in [0.1, 0.15) is 12.8 Å². The lowest BCUT2D eigenvalue weighted by Gasteiger charge is -2.11. The van der Waals surface area contributed by atoms with E-state index in [2.05, 4.69) is 0 Å². The van der Waals surface area contributed by atoms with E-state index >= 15 is 0 Å². The van der Waals surface area contributed by atoms with Crippen LogP contribution in [0.3, 0.4) is 0 Å². The number of ether oxygens (including phenoxy) is 2. The highest BCUT2D eigenvalue weighted by molar-refractivity contribution is 8.00. The zero-order valence-corrected chi connectivity index (χ0v) is 12.9. The highest BCUT2D eigenvalue weighted by Gasteiger charge is 2.37. The molecule has 0 aromatic heterocycles. The van der Waals surface area contributed by atoms with E-state index in [9.17, 15) is 14.0 Å². The summed E-state index contributed by atoms with van der Waals surface area (Å²) in [6, 6.07) is 9.37. The summed E-state index contributed by atoms with van der Waals surface area (Å²) in [7, 11) is 0. The minimum Gasteiger partial charge on any atom is -0.461 e. The second kappa shape index (κ2) is 7.98. The van der Waals surface area contributed by atoms with E-state index in [1.165, 1.54) is 24.8 Å². The first kappa shape index (κ1) is 16.5. The van der Waals surface area contributed by atoms with Crippen molar-refractivity contribution in [3.63, 3.8) is 0 Å². The van der Waals surface area contributed by atoms with E-state index in [-0.39, 0.29) is 18.3 Å². The van der Waals surface area contributed by atoms with Crippen molar-refractivity contribution < 1.29 is 23.5 Å². The lowest BCUT2D eigenvalue weighted by molar-refractivity contribution is -0.144. The van der Waals surface area contributed by atoms with Crippen LogP contribution < -0.4 is 0 Å². The summed E-state index contributed by atoms with van der Waals surface area (Å²) in [6.45, 7) is 1.34. The molecule has 1 saturated heterocycles. The fourth-order valence-electron chi connectivity index (χ4n) is 2.02. The van der Waals surface area contributed by atoms with Crippen LogP contribution >= 0.6 is 11.8 Å². The molecule has 1 fully saturated rings. The van der Waals surface area contributed by atoms with E-state index < -0.39 is 23.5 Å². The molecule has 1 aromatic rings. The molecule has 3 atom stereocenters. The zero-order valence-electron chi connectivity index (χ0n) is 12.1. The van der Waals surface area contributed by atoms with Crippen molar-refractivity contribution in [2.75, 3.05) is 6.61 Å². The Kier molecular flexibility index (Phi) is 6.00. The largest absolute Gasteiger partial charge is 0.461 e. The highest BCUT2D eigenvalue weighted by Crippen LogP contribution is 2.36. The molecule has 0 bridgehead atoms. The van der Waals surface area contributed by atoms with Crippen LogP contribution in [0.1, 0.15) is 18.9 Å². The lowest BCUT2D eigenvalue weighted by Crippen LogP contribution is -2.18. The first-order valence-electron chi connectivity index (χ1n) is 6.91. The molecule has 0 aliphatic carbocycles. The number of thioether (sulfide) groups is 1. The van der Waals surface area contributed by atoms with Crippen molar-refractivity contribution in [1.29, 1.82) is 0 Å². The summed E-state index contributed by atoms with van der Waals surface area (Å²) in [5.74, 6) is -0.987. The van der Waals surface area contributed by atoms with E-state index in [1.54, 1.807) is 6.08 Å². The molecule has 0 saturated carbocycles. The van der Waals surface area contributed by atoms with Gasteiger partial charge in [0.25, 0.3) is 0 Å². The number of hydrogen-bond donors (Lipinski definition) is 0. The number of benzene rings is 1. The van der Waals surface area contributed by atoms with Crippen LogP contribution in [0.25, 0.3) is 6.08 Å². The van der Waals surface area contributed by atoms with Gasteiger partial charge in [-0.3, -0.25) is 4.79 Å². The first-order chi connectivity index (χ1) is 10.5. The second-order valence-electron chi connectivity index (χ2n) is 4.86. The van der Waals surface area contributed by atoms with Crippen LogP contribution in [0, 0.1) is 0 Å². The molecule has 0 radical (unpaired) electrons. The molecule has 0 N–H and O–H groups in total. The average molecular weight is 324 g/mol. The maximum absolute atomic E-state index is 13.6. The molecule has 1 aromatic carbocycles. The minimum atomic E-state index is -1.22. The van der Waals surface area contributed by atoms with Gasteiger partial charge >= 0.3 is 11.9 Å². The molecule has 1 heterocycles. The molecule has 118 valence electrons. The standard InChI is InChI=1S/C16H17FO4S/c1-11(18)21-16-14(17)9-13(22-16)10-20-15(19)8-7-12-5-3-2-4-6-12/h2-8,13-14,16H,9-10H2,1H3/b8-7+/t13-,14-,16+/m0/s1. The highest BCUT2D eigenvalue weighted by atomic mass is 32.2. The van der Waals surface area contributed by atoms with Crippen LogP contribution in [-0.2, 0) is 19.1 Å². The normalized spacial score (nSPS) is 24.4. The van der Waals surface area contributed by atoms with Gasteiger partial charge in [0.15, 0.2) is 5.44 Å². The molecule has 22 heavy (non-hydrogen) atoms. The Hall–Kier alpha value is -1.82. The molecule has 1 aliphatic heterocycles. The van der Waals surface area contributed by atoms with Crippen molar-refractivity contribution in [2.45, 2.75) is 30.2 Å². The van der Waals surface area contributed by atoms with Gasteiger partial charge < -0.3 is 9.47 Å². The summed E-state index contributed by atoms with van der Waals surface area (Å²) in [5, 5.41) is -0.201. The van der Waals surface area contributed by atoms with Crippen molar-refractivity contribution >= 4 is 29.8 Å². The summed E-state index contributed by atoms with van der Waals surface area (Å²) in [6.07, 6.45) is 1.98. The Morgan fingerprint density at radius 2 is 2.09 bits per heavy atom. The van der Waals surface area contributed by atoms with E-state index in [0.29, 0.717) is 0 Å². The predicted molar refractivity (Wildman–Crippen MR) is 82.9 cm³/mol. The number of rotatable bonds is 5. The van der Waals surface area contributed by atoms with Gasteiger partial charge in [-0.05, 0) is 18.1 Å². The molecule has 4 nitrogen and oxygen atoms in total. The summed E-state index contributed by atoms with van der Waals surface area (Å²) in [4.78, 5) is 22.5. The fourth-order valence-corrected chi connectivity index (χ4v) is 3.31. The van der Waals surface area contributed by atoms with Gasteiger partial charge in [-0.25, -0.2) is 9.18 Å². The Morgan fingerprint density at radius 1 is 1.36 bits per heavy atom. The van der Waals surface area contributed by atoms with E-state index in [0.717, 1.165) is 5.56 Å². The monoisotopic (exact) mass is 324 g/mol. The van der Waals surface area contributed by atoms with Crippen LogP contribution in [-0.4, -0.2) is 35.4 Å². The van der Waals surface area contributed by atoms with Gasteiger partial charge in [-0.2, -0.15) is 0 Å². The summed E-state index contributed by atoms with van der Waals surface area (Å²) < 4.78 is 23.6. The zero-order chi connectivity index (χ0) is 15.9. The maximum atomic E-state index is 13.6. The van der Waals surface area contributed by atoms with Gasteiger partial charge in [-0.1, -0.05) is 30.3 Å². The Morgan fingerprint density at radius 3 is 2.77 bits per heavy atom. The van der Waals surface area contributed by atoms with Crippen molar-refractivity contribution in [3.8, 4) is 0 Å². The Balaban J connectivity index is 1.75. The molecular weight excluding hydrogens is 307 g/mol. The summed E-state index contributed by atoms with van der Waals surface area (Å²) >= 11 is 1.18. The van der Waals surface area contributed by atoms with Crippen molar-refractivity contribution in [3.05, 3.63) is 42.0 Å². The molecule has 6 heteroatoms. The number of esters is 2. The molecule has 1 aliphatic rings. The maximum Gasteiger partial charge on any atom is 0.330 e. The Labute approximate surface area is 132 Å². The van der Waals surface area contributed by atoms with Crippen LogP contribution in [0.4, 0.5) is 4.39 Å². The van der Waals surface area contributed by atoms with Gasteiger partial charge in [-0.15, -0.1) is 11.8 Å². The van der Waals surface area contributed by atoms with Gasteiger partial charge in [0.2, 0.25) is 0 Å². The molecule has 0 spiro atoms. The lowest BCUT2D eigenvalue weighted by atomic mass is 10.2. The fraction of sp³-hybridized carbons (Fsp3) is 0.375. The predicted octanol–water partition coefficient (Wildman–Crippen LogP) is 2.98. The van der Waals surface area contributed by atoms with Crippen molar-refractivity contribution in [1.82, 2.24) is 0 Å². The van der Waals surface area contributed by atoms with Crippen molar-refractivity contribution in [2.24, 2.45) is 0 Å². The topological polar surface area (TPSA) is 52.6 Å². The third-order valence-electron chi connectivity index (χ3n) is 3.01. The third-order valence-corrected chi connectivity index (χ3v) is 4.39. The SMILES string of the molecule is CC(=O)O[C@@H]1S[C@H](COC(=O)/C=C/c2ccccc2)C[C@@H]1F. The Bertz CT molecular complexity index is 546. The van der Waals surface area contributed by atoms with E-state index in [4.69, 9.17) is 9.47 Å². The van der Waals surface area contributed by atoms with Gasteiger partial charge in [0, 0.05) is 18.2 Å². The minimum absolute atomic E-state index is 0.0980. The molecule has 0 amide bonds.